The summed E-state index contributed by atoms with van der Waals surface area (Å²) in [6.45, 7) is 0.626. The van der Waals surface area contributed by atoms with Crippen LogP contribution in [0.1, 0.15) is 6.42 Å². The predicted octanol–water partition coefficient (Wildman–Crippen LogP) is 1.82. The number of hydrogen-bond acceptors (Lipinski definition) is 3. The summed E-state index contributed by atoms with van der Waals surface area (Å²) < 4.78 is 22.5. The van der Waals surface area contributed by atoms with Crippen molar-refractivity contribution in [2.75, 3.05) is 5.75 Å². The molecule has 5 heteroatoms. The third-order valence-electron chi connectivity index (χ3n) is 2.44. The van der Waals surface area contributed by atoms with Crippen molar-refractivity contribution in [3.05, 3.63) is 42.7 Å². The van der Waals surface area contributed by atoms with Crippen molar-refractivity contribution < 1.29 is 8.76 Å². The molecule has 0 saturated heterocycles. The van der Waals surface area contributed by atoms with Gasteiger partial charge in [-0.1, -0.05) is 41.4 Å². The Morgan fingerprint density at radius 2 is 2.00 bits per heavy atom. The quantitative estimate of drug-likeness (QED) is 0.759. The van der Waals surface area contributed by atoms with Crippen LogP contribution in [0, 0.1) is 0 Å². The zero-order valence-corrected chi connectivity index (χ0v) is 10.1. The van der Waals surface area contributed by atoms with E-state index >= 15 is 0 Å². The maximum Gasteiger partial charge on any atom is 0.0568 e. The first-order chi connectivity index (χ1) is 8.25. The van der Waals surface area contributed by atoms with E-state index in [4.69, 9.17) is 0 Å². The smallest absolute Gasteiger partial charge is 0.0568 e. The Labute approximate surface area is 103 Å². The Morgan fingerprint density at radius 1 is 1.24 bits per heavy atom. The van der Waals surface area contributed by atoms with Gasteiger partial charge in [-0.15, -0.1) is 0 Å². The van der Waals surface area contributed by atoms with Crippen molar-refractivity contribution in [2.24, 2.45) is 0 Å². The second kappa shape index (κ2) is 5.75. The molecule has 0 aliphatic heterocycles. The third-order valence-corrected chi connectivity index (χ3v) is 3.06. The molecule has 17 heavy (non-hydrogen) atoms. The summed E-state index contributed by atoms with van der Waals surface area (Å²) in [6.07, 6.45) is 4.32. The van der Waals surface area contributed by atoms with Crippen LogP contribution in [0.3, 0.4) is 0 Å². The van der Waals surface area contributed by atoms with Crippen LogP contribution in [-0.2, 0) is 17.6 Å². The highest BCUT2D eigenvalue weighted by Crippen LogP contribution is 2.17. The largest absolute Gasteiger partial charge is 0.772 e. The molecule has 0 radical (unpaired) electrons. The molecular weight excluding hydrogens is 236 g/mol. The molecule has 90 valence electrons. The fourth-order valence-corrected chi connectivity index (χ4v) is 1.97. The first kappa shape index (κ1) is 12.0. The van der Waals surface area contributed by atoms with Crippen LogP contribution in [0.25, 0.3) is 11.1 Å². The van der Waals surface area contributed by atoms with E-state index < -0.39 is 11.1 Å². The van der Waals surface area contributed by atoms with E-state index in [1.807, 2.05) is 36.5 Å². The maximum atomic E-state index is 10.4. The molecule has 1 aromatic heterocycles. The molecule has 2 aromatic rings. The van der Waals surface area contributed by atoms with Crippen molar-refractivity contribution in [1.29, 1.82) is 0 Å². The average Bonchev–Trinajstić information content (AvgIpc) is 2.78. The van der Waals surface area contributed by atoms with E-state index in [2.05, 4.69) is 5.10 Å². The fourth-order valence-electron chi connectivity index (χ4n) is 1.61. The molecule has 0 amide bonds. The van der Waals surface area contributed by atoms with E-state index in [1.165, 1.54) is 0 Å². The highest BCUT2D eigenvalue weighted by molar-refractivity contribution is 7.79. The summed E-state index contributed by atoms with van der Waals surface area (Å²) in [7, 11) is 0. The molecule has 1 atom stereocenters. The van der Waals surface area contributed by atoms with Gasteiger partial charge >= 0.3 is 0 Å². The molecule has 0 saturated carbocycles. The first-order valence-electron chi connectivity index (χ1n) is 5.39. The summed E-state index contributed by atoms with van der Waals surface area (Å²) in [5.74, 6) is 0.181. The van der Waals surface area contributed by atoms with Crippen molar-refractivity contribution in [3.8, 4) is 11.1 Å². The lowest BCUT2D eigenvalue weighted by atomic mass is 10.1. The van der Waals surface area contributed by atoms with Crippen LogP contribution in [0.15, 0.2) is 42.7 Å². The van der Waals surface area contributed by atoms with Gasteiger partial charge in [0.05, 0.1) is 6.20 Å². The van der Waals surface area contributed by atoms with Crippen molar-refractivity contribution in [3.63, 3.8) is 0 Å². The van der Waals surface area contributed by atoms with Gasteiger partial charge in [-0.3, -0.25) is 8.89 Å². The molecule has 0 aliphatic rings. The highest BCUT2D eigenvalue weighted by Gasteiger charge is 2.00. The lowest BCUT2D eigenvalue weighted by Crippen LogP contribution is -2.03. The first-order valence-corrected chi connectivity index (χ1v) is 6.64. The molecule has 2 rings (SSSR count). The van der Waals surface area contributed by atoms with Gasteiger partial charge in [0.25, 0.3) is 0 Å². The van der Waals surface area contributed by atoms with Gasteiger partial charge < -0.3 is 4.55 Å². The van der Waals surface area contributed by atoms with Crippen LogP contribution in [-0.4, -0.2) is 24.3 Å². The molecule has 0 N–H and O–H groups in total. The Morgan fingerprint density at radius 3 is 2.71 bits per heavy atom. The zero-order chi connectivity index (χ0) is 12.1. The molecule has 1 heterocycles. The molecule has 1 unspecified atom stereocenters. The van der Waals surface area contributed by atoms with Crippen molar-refractivity contribution >= 4 is 11.1 Å². The Balaban J connectivity index is 1.99. The number of aryl methyl sites for hydroxylation is 1. The average molecular weight is 249 g/mol. The van der Waals surface area contributed by atoms with Crippen LogP contribution in [0.2, 0.25) is 0 Å². The van der Waals surface area contributed by atoms with Gasteiger partial charge in [-0.05, 0) is 12.0 Å². The van der Waals surface area contributed by atoms with Gasteiger partial charge in [0, 0.05) is 24.1 Å². The van der Waals surface area contributed by atoms with E-state index in [0.717, 1.165) is 11.1 Å². The third kappa shape index (κ3) is 3.51. The molecule has 4 nitrogen and oxygen atoms in total. The Kier molecular flexibility index (Phi) is 4.06. The predicted molar refractivity (Wildman–Crippen MR) is 66.1 cm³/mol. The SMILES string of the molecule is O=S([O-])CCCn1cc(-c2ccccc2)cn1. The monoisotopic (exact) mass is 249 g/mol. The Bertz CT molecular complexity index is 496. The lowest BCUT2D eigenvalue weighted by molar-refractivity contribution is 0.527. The normalized spacial score (nSPS) is 12.5. The van der Waals surface area contributed by atoms with Crippen molar-refractivity contribution in [1.82, 2.24) is 9.78 Å². The van der Waals surface area contributed by atoms with E-state index in [1.54, 1.807) is 10.9 Å². The maximum absolute atomic E-state index is 10.4. The van der Waals surface area contributed by atoms with E-state index in [9.17, 15) is 8.76 Å². The van der Waals surface area contributed by atoms with Crippen LogP contribution < -0.4 is 0 Å². The fraction of sp³-hybridized carbons (Fsp3) is 0.250. The standard InChI is InChI=1S/C12H14N2O2S/c15-17(16)8-4-7-14-10-12(9-13-14)11-5-2-1-3-6-11/h1-3,5-6,9-10H,4,7-8H2,(H,15,16)/p-1. The summed E-state index contributed by atoms with van der Waals surface area (Å²) in [6, 6.07) is 9.97. The van der Waals surface area contributed by atoms with Gasteiger partial charge in [0.2, 0.25) is 0 Å². The molecule has 0 fully saturated rings. The van der Waals surface area contributed by atoms with E-state index in [0.29, 0.717) is 13.0 Å². The van der Waals surface area contributed by atoms with E-state index in [-0.39, 0.29) is 5.75 Å². The summed E-state index contributed by atoms with van der Waals surface area (Å²) in [5.41, 5.74) is 2.17. The second-order valence-electron chi connectivity index (χ2n) is 3.72. The molecule has 0 aliphatic carbocycles. The molecule has 0 bridgehead atoms. The van der Waals surface area contributed by atoms with Crippen LogP contribution in [0.4, 0.5) is 0 Å². The Hall–Kier alpha value is -1.46. The minimum atomic E-state index is -1.96. The minimum Gasteiger partial charge on any atom is -0.772 e. The van der Waals surface area contributed by atoms with Crippen LogP contribution in [0.5, 0.6) is 0 Å². The summed E-state index contributed by atoms with van der Waals surface area (Å²) >= 11 is -1.96. The number of rotatable bonds is 5. The molecule has 1 aromatic carbocycles. The van der Waals surface area contributed by atoms with Gasteiger partial charge in [0.15, 0.2) is 0 Å². The van der Waals surface area contributed by atoms with Gasteiger partial charge in [-0.25, -0.2) is 0 Å². The molecular formula is C12H13N2O2S-. The lowest BCUT2D eigenvalue weighted by Gasteiger charge is -2.04. The van der Waals surface area contributed by atoms with Crippen LogP contribution >= 0.6 is 0 Å². The minimum absolute atomic E-state index is 0.181. The van der Waals surface area contributed by atoms with Gasteiger partial charge in [0.1, 0.15) is 0 Å². The number of nitrogens with zero attached hydrogens (tertiary/aromatic N) is 2. The highest BCUT2D eigenvalue weighted by atomic mass is 32.2. The molecule has 0 spiro atoms. The zero-order valence-electron chi connectivity index (χ0n) is 9.28. The number of hydrogen-bond donors (Lipinski definition) is 0. The topological polar surface area (TPSA) is 57.9 Å². The van der Waals surface area contributed by atoms with Crippen molar-refractivity contribution in [2.45, 2.75) is 13.0 Å². The summed E-state index contributed by atoms with van der Waals surface area (Å²) in [4.78, 5) is 0. The number of benzene rings is 1. The second-order valence-corrected chi connectivity index (χ2v) is 4.74. The summed E-state index contributed by atoms with van der Waals surface area (Å²) in [5, 5.41) is 4.21. The number of aromatic nitrogens is 2. The van der Waals surface area contributed by atoms with Gasteiger partial charge in [-0.2, -0.15) is 5.10 Å².